The van der Waals surface area contributed by atoms with Crippen LogP contribution in [-0.4, -0.2) is 121 Å². The van der Waals surface area contributed by atoms with E-state index in [0.717, 1.165) is 17.7 Å². The number of halogens is 7. The number of carbonyl (C=O) groups is 1. The van der Waals surface area contributed by atoms with Gasteiger partial charge in [0.2, 0.25) is 0 Å². The molecular weight excluding hydrogens is 806 g/mol. The fourth-order valence-corrected chi connectivity index (χ4v) is 7.87. The van der Waals surface area contributed by atoms with Gasteiger partial charge in [0.25, 0.3) is 11.1 Å². The van der Waals surface area contributed by atoms with Crippen LogP contribution < -0.4 is 16.4 Å². The molecule has 4 fully saturated rings. The Kier molecular flexibility index (Phi) is 12.5. The zero-order valence-corrected chi connectivity index (χ0v) is 32.7. The number of nitrogens with one attached hydrogen (secondary N) is 3. The lowest BCUT2D eigenvalue weighted by Crippen LogP contribution is -2.36. The van der Waals surface area contributed by atoms with E-state index in [1.807, 2.05) is 0 Å². The predicted octanol–water partition coefficient (Wildman–Crippen LogP) is 4.42. The summed E-state index contributed by atoms with van der Waals surface area (Å²) in [7, 11) is 0. The number of fused-ring (bicyclic) bond motifs is 2. The Morgan fingerprint density at radius 2 is 1.19 bits per heavy atom. The van der Waals surface area contributed by atoms with Crippen molar-refractivity contribution in [3.63, 3.8) is 0 Å². The average Bonchev–Trinajstić information content (AvgIpc) is 3.97. The fraction of sp³-hybridized carbons (Fsp3) is 0.686. The van der Waals surface area contributed by atoms with E-state index in [4.69, 9.17) is 14.2 Å². The van der Waals surface area contributed by atoms with Crippen LogP contribution in [0.25, 0.3) is 11.0 Å². The Bertz CT molecular complexity index is 2190. The fourth-order valence-electron chi connectivity index (χ4n) is 7.87. The summed E-state index contributed by atoms with van der Waals surface area (Å²) in [5.41, 5.74) is -1.47. The number of aromatic amines is 2. The summed E-state index contributed by atoms with van der Waals surface area (Å²) >= 11 is 0. The Labute approximate surface area is 332 Å². The number of alkyl halides is 6. The summed E-state index contributed by atoms with van der Waals surface area (Å²) in [4.78, 5) is 52.0. The molecule has 4 aromatic heterocycles. The van der Waals surface area contributed by atoms with Crippen LogP contribution in [0.5, 0.6) is 0 Å². The van der Waals surface area contributed by atoms with E-state index in [1.165, 1.54) is 21.4 Å². The van der Waals surface area contributed by atoms with Crippen LogP contribution in [0.3, 0.4) is 0 Å². The molecule has 320 valence electrons. The van der Waals surface area contributed by atoms with E-state index >= 15 is 0 Å². The van der Waals surface area contributed by atoms with Crippen molar-refractivity contribution < 1.29 is 45.3 Å². The molecule has 3 N–H and O–H groups in total. The number of hydrogen-bond donors (Lipinski definition) is 3. The molecular formula is C35H45ClF6N10O6. The highest BCUT2D eigenvalue weighted by molar-refractivity contribution is 5.85. The summed E-state index contributed by atoms with van der Waals surface area (Å²) in [5.74, 6) is -4.45. The molecule has 0 bridgehead atoms. The summed E-state index contributed by atoms with van der Waals surface area (Å²) in [5, 5.41) is 11.4. The number of carbonyl (C=O) groups excluding carboxylic acids is 1. The third kappa shape index (κ3) is 9.13. The summed E-state index contributed by atoms with van der Waals surface area (Å²) in [6.07, 6.45) is -4.10. The van der Waals surface area contributed by atoms with Gasteiger partial charge in [0, 0.05) is 76.3 Å². The quantitative estimate of drug-likeness (QED) is 0.247. The van der Waals surface area contributed by atoms with Crippen molar-refractivity contribution in [3.8, 4) is 0 Å². The predicted molar refractivity (Wildman–Crippen MR) is 195 cm³/mol. The highest BCUT2D eigenvalue weighted by Gasteiger charge is 2.53. The van der Waals surface area contributed by atoms with Crippen LogP contribution in [0.2, 0.25) is 0 Å². The topological polar surface area (TPSA) is 186 Å². The molecule has 0 radical (unpaired) electrons. The molecule has 4 aliphatic heterocycles. The van der Waals surface area contributed by atoms with Crippen molar-refractivity contribution in [2.75, 3.05) is 52.6 Å². The van der Waals surface area contributed by atoms with Crippen molar-refractivity contribution in [3.05, 3.63) is 56.4 Å². The standard InChI is InChI=1S/C20H26F3N5O4.C15H18F3N5O2.ClH/c1-19(2,3)32-18(30)27-9-12(13(10-27)20(21,22)23)15-25-17(29)14-8-24-16(28(14)26-15)11-4-6-31-7-5-11;16-15(17,18)10-6-19-5-9(10)12-21-14(24)11-7-20-13(23(11)22-12)8-1-3-25-4-2-8;/h8,11-13H,4-7,9-10H2,1-3H3,(H,25,26,29);7-10,19H,1-6H2,(H,21,22,24);1H. The second kappa shape index (κ2) is 16.8. The average molecular weight is 851 g/mol. The second-order valence-electron chi connectivity index (χ2n) is 15.8. The molecule has 58 heavy (non-hydrogen) atoms. The molecule has 4 atom stereocenters. The minimum absolute atomic E-state index is 0. The minimum Gasteiger partial charge on any atom is -0.444 e. The molecule has 0 aliphatic carbocycles. The number of ether oxygens (including phenoxy) is 3. The molecule has 8 heterocycles. The van der Waals surface area contributed by atoms with E-state index in [2.05, 4.69) is 35.5 Å². The maximum Gasteiger partial charge on any atom is 0.410 e. The van der Waals surface area contributed by atoms with Gasteiger partial charge in [0.1, 0.15) is 28.9 Å². The number of hydrogen-bond acceptors (Lipinski definition) is 11. The van der Waals surface area contributed by atoms with Gasteiger partial charge >= 0.3 is 18.4 Å². The number of likely N-dealkylation sites (tertiary alicyclic amines) is 1. The summed E-state index contributed by atoms with van der Waals surface area (Å²) in [6.45, 7) is 6.31. The molecule has 4 aromatic rings. The van der Waals surface area contributed by atoms with E-state index in [-0.39, 0.29) is 66.6 Å². The maximum absolute atomic E-state index is 13.9. The van der Waals surface area contributed by atoms with Gasteiger partial charge in [-0.15, -0.1) is 12.4 Å². The first-order chi connectivity index (χ1) is 26.9. The van der Waals surface area contributed by atoms with Crippen molar-refractivity contribution in [2.24, 2.45) is 11.8 Å². The number of H-pyrrole nitrogens is 2. The number of imidazole rings is 2. The van der Waals surface area contributed by atoms with Crippen molar-refractivity contribution in [1.29, 1.82) is 0 Å². The van der Waals surface area contributed by atoms with Gasteiger partial charge in [-0.25, -0.2) is 23.8 Å². The van der Waals surface area contributed by atoms with Crippen LogP contribution in [0.4, 0.5) is 31.1 Å². The van der Waals surface area contributed by atoms with Crippen molar-refractivity contribution in [1.82, 2.24) is 49.4 Å². The highest BCUT2D eigenvalue weighted by Crippen LogP contribution is 2.42. The zero-order chi connectivity index (χ0) is 40.9. The van der Waals surface area contributed by atoms with Crippen molar-refractivity contribution in [2.45, 2.75) is 88.1 Å². The Morgan fingerprint density at radius 1 is 0.724 bits per heavy atom. The lowest BCUT2D eigenvalue weighted by Gasteiger charge is -2.24. The lowest BCUT2D eigenvalue weighted by molar-refractivity contribution is -0.174. The van der Waals surface area contributed by atoms with E-state index in [0.29, 0.717) is 50.9 Å². The molecule has 8 rings (SSSR count). The van der Waals surface area contributed by atoms with Gasteiger partial charge in [-0.1, -0.05) is 0 Å². The smallest absolute Gasteiger partial charge is 0.410 e. The normalized spacial score (nSPS) is 23.8. The molecule has 4 unspecified atom stereocenters. The van der Waals surface area contributed by atoms with E-state index < -0.39 is 65.4 Å². The van der Waals surface area contributed by atoms with Gasteiger partial charge in [0.05, 0.1) is 24.2 Å². The maximum atomic E-state index is 13.9. The van der Waals surface area contributed by atoms with Crippen LogP contribution in [0, 0.1) is 11.8 Å². The van der Waals surface area contributed by atoms with Gasteiger partial charge < -0.3 is 34.4 Å². The van der Waals surface area contributed by atoms with Crippen molar-refractivity contribution >= 4 is 29.5 Å². The first-order valence-corrected chi connectivity index (χ1v) is 18.8. The van der Waals surface area contributed by atoms with E-state index in [9.17, 15) is 40.7 Å². The van der Waals surface area contributed by atoms with Gasteiger partial charge in [-0.05, 0) is 46.5 Å². The van der Waals surface area contributed by atoms with Crippen LogP contribution in [-0.2, 0) is 14.2 Å². The molecule has 0 spiro atoms. The first kappa shape index (κ1) is 43.3. The molecule has 23 heteroatoms. The molecule has 4 saturated heterocycles. The number of nitrogens with zero attached hydrogens (tertiary/aromatic N) is 7. The Hall–Kier alpha value is -4.28. The van der Waals surface area contributed by atoms with Gasteiger partial charge in [0.15, 0.2) is 11.0 Å². The summed E-state index contributed by atoms with van der Waals surface area (Å²) < 4.78 is 100.0. The van der Waals surface area contributed by atoms with Gasteiger partial charge in [-0.3, -0.25) is 9.59 Å². The van der Waals surface area contributed by atoms with Crippen LogP contribution >= 0.6 is 12.4 Å². The third-order valence-corrected chi connectivity index (χ3v) is 10.8. The van der Waals surface area contributed by atoms with Gasteiger partial charge in [-0.2, -0.15) is 36.5 Å². The minimum atomic E-state index is -4.59. The van der Waals surface area contributed by atoms with Crippen LogP contribution in [0.15, 0.2) is 22.0 Å². The summed E-state index contributed by atoms with van der Waals surface area (Å²) in [6, 6.07) is 0. The SMILES string of the molecule is CC(C)(C)OC(=O)N1CC(c2nn3c(C4CCOCC4)ncc3c(=O)[nH]2)C(C(F)(F)F)C1.Cl.O=c1[nH]c(C2CNCC2C(F)(F)F)nn2c(C3CCOCC3)ncc12. The Morgan fingerprint density at radius 3 is 1.64 bits per heavy atom. The first-order valence-electron chi connectivity index (χ1n) is 18.8. The molecule has 0 saturated carbocycles. The molecule has 16 nitrogen and oxygen atoms in total. The molecule has 1 amide bonds. The van der Waals surface area contributed by atoms with Crippen LogP contribution in [0.1, 0.15) is 93.4 Å². The number of aromatic nitrogens is 8. The lowest BCUT2D eigenvalue weighted by atomic mass is 9.95. The molecule has 0 aromatic carbocycles. The monoisotopic (exact) mass is 850 g/mol. The molecule has 4 aliphatic rings. The highest BCUT2D eigenvalue weighted by atomic mass is 35.5. The van der Waals surface area contributed by atoms with E-state index in [1.54, 1.807) is 20.8 Å². The largest absolute Gasteiger partial charge is 0.444 e. The second-order valence-corrected chi connectivity index (χ2v) is 15.8. The third-order valence-electron chi connectivity index (χ3n) is 10.8. The Balaban J connectivity index is 0.000000198. The number of amides is 1. The zero-order valence-electron chi connectivity index (χ0n) is 31.9. The number of rotatable bonds is 4.